The lowest BCUT2D eigenvalue weighted by atomic mass is 9.87. The number of aromatic amines is 1. The molecule has 0 radical (unpaired) electrons. The standard InChI is InChI=1S/C30H30N4O5/c1-5-25(35)33-12-13-38-24-9-7-17(14-23(24)33)22-15-20-18(16-31-22)6-8-19-26-21(32-27(19)20)10-11-34(28(26)36)29(37)39-30(2,3)4/h5,7,9,14-16,32H,1,6,8,10-13H2,2-4H3. The number of hydrogen-bond acceptors (Lipinski definition) is 6. The highest BCUT2D eigenvalue weighted by molar-refractivity contribution is 6.07. The van der Waals surface area contributed by atoms with E-state index in [0.29, 0.717) is 43.0 Å². The summed E-state index contributed by atoms with van der Waals surface area (Å²) in [6.07, 6.45) is 4.52. The zero-order chi connectivity index (χ0) is 27.5. The van der Waals surface area contributed by atoms with E-state index in [2.05, 4.69) is 11.6 Å². The Morgan fingerprint density at radius 2 is 1.95 bits per heavy atom. The SMILES string of the molecule is C=CC(=O)N1CCOc2ccc(-c3cc4c(cn3)CCc3c-4[nH]c4c3C(=O)N(C(=O)OC(C)(C)C)CC4)cc21. The number of aryl methyl sites for hydroxylation is 1. The number of aromatic nitrogens is 2. The smallest absolute Gasteiger partial charge is 0.417 e. The van der Waals surface area contributed by atoms with Gasteiger partial charge in [0.05, 0.1) is 29.2 Å². The molecular formula is C30H30N4O5. The molecule has 0 unspecified atom stereocenters. The lowest BCUT2D eigenvalue weighted by molar-refractivity contribution is -0.114. The fraction of sp³-hybridized carbons (Fsp3) is 0.333. The fourth-order valence-corrected chi connectivity index (χ4v) is 5.52. The highest BCUT2D eigenvalue weighted by Crippen LogP contribution is 2.41. The first kappa shape index (κ1) is 24.9. The summed E-state index contributed by atoms with van der Waals surface area (Å²) >= 11 is 0. The van der Waals surface area contributed by atoms with Crippen LogP contribution in [0.1, 0.15) is 48.0 Å². The topological polar surface area (TPSA) is 105 Å². The molecule has 0 fully saturated rings. The van der Waals surface area contributed by atoms with E-state index in [4.69, 9.17) is 14.5 Å². The maximum absolute atomic E-state index is 13.5. The summed E-state index contributed by atoms with van der Waals surface area (Å²) in [5.74, 6) is 0.148. The van der Waals surface area contributed by atoms with Crippen molar-refractivity contribution in [2.45, 2.75) is 45.6 Å². The van der Waals surface area contributed by atoms with Crippen molar-refractivity contribution in [3.63, 3.8) is 0 Å². The Morgan fingerprint density at radius 1 is 1.13 bits per heavy atom. The number of benzene rings is 1. The third-order valence-corrected chi connectivity index (χ3v) is 7.30. The van der Waals surface area contributed by atoms with Crippen LogP contribution in [0.5, 0.6) is 5.75 Å². The number of amides is 3. The Kier molecular flexibility index (Phi) is 5.82. The summed E-state index contributed by atoms with van der Waals surface area (Å²) in [6.45, 7) is 10.1. The Balaban J connectivity index is 1.37. The van der Waals surface area contributed by atoms with Crippen molar-refractivity contribution in [2.75, 3.05) is 24.6 Å². The van der Waals surface area contributed by atoms with Crippen LogP contribution in [-0.2, 0) is 28.8 Å². The van der Waals surface area contributed by atoms with Gasteiger partial charge in [-0.2, -0.15) is 0 Å². The molecule has 0 saturated carbocycles. The molecule has 4 heterocycles. The second kappa shape index (κ2) is 9.11. The molecule has 0 bridgehead atoms. The minimum Gasteiger partial charge on any atom is -0.490 e. The average Bonchev–Trinajstić information content (AvgIpc) is 3.31. The number of hydrogen-bond donors (Lipinski definition) is 1. The van der Waals surface area contributed by atoms with Crippen molar-refractivity contribution >= 4 is 23.6 Å². The predicted molar refractivity (Wildman–Crippen MR) is 146 cm³/mol. The molecule has 3 aromatic rings. The van der Waals surface area contributed by atoms with Crippen molar-refractivity contribution in [1.29, 1.82) is 0 Å². The molecule has 9 nitrogen and oxygen atoms in total. The number of H-pyrrole nitrogens is 1. The van der Waals surface area contributed by atoms with Crippen molar-refractivity contribution in [3.05, 3.63) is 65.5 Å². The molecule has 1 aromatic carbocycles. The van der Waals surface area contributed by atoms with E-state index >= 15 is 0 Å². The summed E-state index contributed by atoms with van der Waals surface area (Å²) < 4.78 is 11.2. The van der Waals surface area contributed by atoms with Gasteiger partial charge in [0.15, 0.2) is 0 Å². The Morgan fingerprint density at radius 3 is 2.72 bits per heavy atom. The summed E-state index contributed by atoms with van der Waals surface area (Å²) in [6, 6.07) is 7.73. The van der Waals surface area contributed by atoms with Crippen LogP contribution in [0, 0.1) is 0 Å². The number of anilines is 1. The second-order valence-corrected chi connectivity index (χ2v) is 11.0. The number of nitrogens with zero attached hydrogens (tertiary/aromatic N) is 3. The van der Waals surface area contributed by atoms with E-state index in [0.717, 1.165) is 45.8 Å². The number of nitrogens with one attached hydrogen (secondary N) is 1. The largest absolute Gasteiger partial charge is 0.490 e. The van der Waals surface area contributed by atoms with E-state index in [1.54, 1.807) is 25.7 Å². The molecule has 2 aliphatic heterocycles. The molecule has 39 heavy (non-hydrogen) atoms. The zero-order valence-corrected chi connectivity index (χ0v) is 22.3. The molecule has 0 spiro atoms. The quantitative estimate of drug-likeness (QED) is 0.486. The van der Waals surface area contributed by atoms with Crippen LogP contribution in [0.2, 0.25) is 0 Å². The monoisotopic (exact) mass is 526 g/mol. The number of imide groups is 1. The normalized spacial score (nSPS) is 15.9. The van der Waals surface area contributed by atoms with Gasteiger partial charge in [-0.3, -0.25) is 14.6 Å². The first-order valence-corrected chi connectivity index (χ1v) is 13.1. The third kappa shape index (κ3) is 4.27. The predicted octanol–water partition coefficient (Wildman–Crippen LogP) is 4.69. The van der Waals surface area contributed by atoms with E-state index in [1.807, 2.05) is 30.5 Å². The molecular weight excluding hydrogens is 496 g/mol. The molecule has 3 amide bonds. The van der Waals surface area contributed by atoms with Gasteiger partial charge in [0.2, 0.25) is 0 Å². The first-order chi connectivity index (χ1) is 18.6. The van der Waals surface area contributed by atoms with Crippen molar-refractivity contribution in [3.8, 4) is 28.3 Å². The van der Waals surface area contributed by atoms with Gasteiger partial charge in [-0.15, -0.1) is 0 Å². The van der Waals surface area contributed by atoms with Crippen molar-refractivity contribution in [2.24, 2.45) is 0 Å². The molecule has 200 valence electrons. The highest BCUT2D eigenvalue weighted by atomic mass is 16.6. The number of carbonyl (C=O) groups excluding carboxylic acids is 3. The summed E-state index contributed by atoms with van der Waals surface area (Å²) in [4.78, 5) is 49.7. The summed E-state index contributed by atoms with van der Waals surface area (Å²) in [5.41, 5.74) is 6.92. The van der Waals surface area contributed by atoms with Crippen LogP contribution >= 0.6 is 0 Å². The van der Waals surface area contributed by atoms with E-state index < -0.39 is 11.7 Å². The van der Waals surface area contributed by atoms with Crippen LogP contribution in [0.15, 0.2) is 43.1 Å². The molecule has 0 saturated heterocycles. The maximum Gasteiger partial charge on any atom is 0.417 e. The van der Waals surface area contributed by atoms with Crippen LogP contribution in [0.4, 0.5) is 10.5 Å². The van der Waals surface area contributed by atoms with Gasteiger partial charge in [-0.05, 0) is 75.1 Å². The molecule has 0 atom stereocenters. The molecule has 3 aliphatic rings. The highest BCUT2D eigenvalue weighted by Gasteiger charge is 2.37. The molecule has 2 aromatic heterocycles. The Hall–Kier alpha value is -4.40. The molecule has 1 aliphatic carbocycles. The van der Waals surface area contributed by atoms with E-state index in [-0.39, 0.29) is 18.4 Å². The fourth-order valence-electron chi connectivity index (χ4n) is 5.52. The van der Waals surface area contributed by atoms with Gasteiger partial charge in [0, 0.05) is 36.0 Å². The molecule has 1 N–H and O–H groups in total. The molecule has 6 rings (SSSR count). The minimum atomic E-state index is -0.684. The number of rotatable bonds is 2. The van der Waals surface area contributed by atoms with Crippen LogP contribution < -0.4 is 9.64 Å². The maximum atomic E-state index is 13.5. The number of fused-ring (bicyclic) bond motifs is 6. The zero-order valence-electron chi connectivity index (χ0n) is 22.3. The molecule has 9 heteroatoms. The number of carbonyl (C=O) groups is 3. The summed E-state index contributed by atoms with van der Waals surface area (Å²) in [7, 11) is 0. The van der Waals surface area contributed by atoms with E-state index in [9.17, 15) is 14.4 Å². The lowest BCUT2D eigenvalue weighted by Gasteiger charge is -2.29. The van der Waals surface area contributed by atoms with Crippen LogP contribution in [-0.4, -0.2) is 58.1 Å². The number of ether oxygens (including phenoxy) is 2. The second-order valence-electron chi connectivity index (χ2n) is 11.0. The van der Waals surface area contributed by atoms with Crippen LogP contribution in [0.25, 0.3) is 22.5 Å². The third-order valence-electron chi connectivity index (χ3n) is 7.30. The van der Waals surface area contributed by atoms with Gasteiger partial charge in [0.1, 0.15) is 18.0 Å². The Labute approximate surface area is 226 Å². The minimum absolute atomic E-state index is 0.179. The first-order valence-electron chi connectivity index (χ1n) is 13.1. The van der Waals surface area contributed by atoms with Gasteiger partial charge in [-0.25, -0.2) is 9.69 Å². The van der Waals surface area contributed by atoms with Crippen molar-refractivity contribution < 1.29 is 23.9 Å². The Bertz CT molecular complexity index is 1550. The van der Waals surface area contributed by atoms with Gasteiger partial charge in [-0.1, -0.05) is 6.58 Å². The van der Waals surface area contributed by atoms with Crippen LogP contribution in [0.3, 0.4) is 0 Å². The van der Waals surface area contributed by atoms with E-state index in [1.165, 1.54) is 11.0 Å². The number of pyridine rings is 1. The average molecular weight is 527 g/mol. The van der Waals surface area contributed by atoms with Gasteiger partial charge in [0.25, 0.3) is 11.8 Å². The lowest BCUT2D eigenvalue weighted by Crippen LogP contribution is -2.44. The van der Waals surface area contributed by atoms with Crippen molar-refractivity contribution in [1.82, 2.24) is 14.9 Å². The summed E-state index contributed by atoms with van der Waals surface area (Å²) in [5, 5.41) is 0. The van der Waals surface area contributed by atoms with Gasteiger partial charge < -0.3 is 19.4 Å². The van der Waals surface area contributed by atoms with Gasteiger partial charge >= 0.3 is 6.09 Å².